The maximum absolute atomic E-state index is 13.0. The van der Waals surface area contributed by atoms with E-state index < -0.39 is 23.3 Å². The number of aliphatic carboxylic acids is 1. The molecule has 0 radical (unpaired) electrons. The quantitative estimate of drug-likeness (QED) is 0.306. The van der Waals surface area contributed by atoms with Crippen molar-refractivity contribution in [3.05, 3.63) is 94.1 Å². The molecule has 0 aromatic heterocycles. The Morgan fingerprint density at radius 2 is 1.93 bits per heavy atom. The summed E-state index contributed by atoms with van der Waals surface area (Å²) < 4.78 is 0. The topological polar surface area (TPSA) is 127 Å². The summed E-state index contributed by atoms with van der Waals surface area (Å²) in [7, 11) is 0. The Hall–Kier alpha value is -3.96. The fraction of sp³-hybridized carbons (Fsp3) is 0.241. The molecule has 9 nitrogen and oxygen atoms in total. The van der Waals surface area contributed by atoms with Crippen LogP contribution in [0.2, 0.25) is 0 Å². The summed E-state index contributed by atoms with van der Waals surface area (Å²) in [5.41, 5.74) is 2.54. The first-order valence-electron chi connectivity index (χ1n) is 12.6. The van der Waals surface area contributed by atoms with Crippen LogP contribution in [-0.2, 0) is 25.7 Å². The van der Waals surface area contributed by atoms with Gasteiger partial charge in [-0.05, 0) is 52.8 Å². The summed E-state index contributed by atoms with van der Waals surface area (Å²) in [4.78, 5) is 53.5. The van der Waals surface area contributed by atoms with Crippen molar-refractivity contribution in [2.24, 2.45) is 0 Å². The Labute approximate surface area is 239 Å². The van der Waals surface area contributed by atoms with Crippen LogP contribution in [-0.4, -0.2) is 73.2 Å². The number of nitrogens with zero attached hydrogens (tertiary/aromatic N) is 2. The van der Waals surface area contributed by atoms with Crippen LogP contribution in [0.15, 0.2) is 82.9 Å². The van der Waals surface area contributed by atoms with Crippen molar-refractivity contribution in [3.8, 4) is 5.75 Å². The normalized spacial score (nSPS) is 21.6. The predicted octanol–water partition coefficient (Wildman–Crippen LogP) is 3.19. The number of carbonyl (C=O) groups is 4. The summed E-state index contributed by atoms with van der Waals surface area (Å²) in [6.07, 6.45) is 3.93. The first-order valence-corrected chi connectivity index (χ1v) is 14.7. The number of amides is 3. The predicted molar refractivity (Wildman–Crippen MR) is 154 cm³/mol. The first-order chi connectivity index (χ1) is 19.3. The molecule has 5 rings (SSSR count). The maximum Gasteiger partial charge on any atom is 0.352 e. The molecule has 0 unspecified atom stereocenters. The third-order valence-electron chi connectivity index (χ3n) is 6.73. The molecule has 0 aliphatic carbocycles. The molecule has 3 aliphatic heterocycles. The molecule has 11 heteroatoms. The number of aromatic hydroxyl groups is 1. The number of β-lactam (4-membered cyclic amide) rings is 1. The molecule has 2 atom stereocenters. The van der Waals surface area contributed by atoms with E-state index in [1.807, 2.05) is 47.9 Å². The second-order valence-electron chi connectivity index (χ2n) is 9.47. The number of phenolic OH excluding ortho intramolecular Hbond substituents is 1. The molecule has 3 amide bonds. The van der Waals surface area contributed by atoms with Gasteiger partial charge in [0.15, 0.2) is 0 Å². The molecule has 2 saturated heterocycles. The first kappa shape index (κ1) is 27.6. The fourth-order valence-electron chi connectivity index (χ4n) is 4.82. The van der Waals surface area contributed by atoms with Gasteiger partial charge in [0, 0.05) is 24.4 Å². The van der Waals surface area contributed by atoms with Crippen LogP contribution in [0.3, 0.4) is 0 Å². The van der Waals surface area contributed by atoms with E-state index in [1.54, 1.807) is 29.2 Å². The monoisotopic (exact) mass is 577 g/mol. The summed E-state index contributed by atoms with van der Waals surface area (Å²) >= 11 is 2.67. The number of allylic oxidation sites excluding steroid dienone is 1. The van der Waals surface area contributed by atoms with Gasteiger partial charge in [-0.15, -0.1) is 23.5 Å². The molecular formula is C29H27N3O6S2. The molecule has 40 heavy (non-hydrogen) atoms. The van der Waals surface area contributed by atoms with E-state index in [9.17, 15) is 29.4 Å². The third kappa shape index (κ3) is 5.95. The summed E-state index contributed by atoms with van der Waals surface area (Å²) in [6.45, 7) is 0.805. The number of phenols is 1. The summed E-state index contributed by atoms with van der Waals surface area (Å²) in [6, 6.07) is 15.6. The average Bonchev–Trinajstić information content (AvgIpc) is 3.28. The lowest BCUT2D eigenvalue weighted by Crippen LogP contribution is -2.70. The van der Waals surface area contributed by atoms with E-state index >= 15 is 0 Å². The molecule has 0 bridgehead atoms. The number of carboxylic acids is 1. The van der Waals surface area contributed by atoms with Gasteiger partial charge in [0.2, 0.25) is 11.8 Å². The number of nitrogens with one attached hydrogen (secondary N) is 1. The smallest absolute Gasteiger partial charge is 0.352 e. The number of likely N-dealkylation sites (tertiary alicyclic amines) is 1. The maximum atomic E-state index is 13.0. The minimum Gasteiger partial charge on any atom is -0.508 e. The molecule has 3 N–H and O–H groups in total. The molecule has 2 aromatic rings. The van der Waals surface area contributed by atoms with Crippen LogP contribution in [0, 0.1) is 0 Å². The lowest BCUT2D eigenvalue weighted by Gasteiger charge is -2.49. The third-order valence-corrected chi connectivity index (χ3v) is 8.79. The number of hydrogen-bond acceptors (Lipinski definition) is 7. The molecule has 3 heterocycles. The second kappa shape index (κ2) is 12.1. The number of benzene rings is 2. The van der Waals surface area contributed by atoms with Crippen molar-refractivity contribution >= 4 is 53.3 Å². The summed E-state index contributed by atoms with van der Waals surface area (Å²) in [5, 5.41) is 23.7. The number of thioether (sulfide) groups is 2. The van der Waals surface area contributed by atoms with Gasteiger partial charge in [-0.3, -0.25) is 19.3 Å². The summed E-state index contributed by atoms with van der Waals surface area (Å²) in [5.74, 6) is -1.70. The largest absolute Gasteiger partial charge is 0.508 e. The molecule has 3 aliphatic rings. The molecule has 206 valence electrons. The number of carboxylic acid groups (broad SMARTS) is 1. The van der Waals surface area contributed by atoms with E-state index in [0.717, 1.165) is 11.1 Å². The van der Waals surface area contributed by atoms with Gasteiger partial charge in [-0.2, -0.15) is 0 Å². The number of fused-ring (bicyclic) bond motifs is 1. The lowest BCUT2D eigenvalue weighted by atomic mass is 10.0. The van der Waals surface area contributed by atoms with Crippen molar-refractivity contribution in [1.29, 1.82) is 0 Å². The highest BCUT2D eigenvalue weighted by Gasteiger charge is 2.54. The zero-order valence-corrected chi connectivity index (χ0v) is 23.0. The van der Waals surface area contributed by atoms with Gasteiger partial charge >= 0.3 is 5.97 Å². The fourth-order valence-corrected chi connectivity index (χ4v) is 6.71. The molecule has 2 fully saturated rings. The van der Waals surface area contributed by atoms with E-state index in [2.05, 4.69) is 5.32 Å². The van der Waals surface area contributed by atoms with Crippen molar-refractivity contribution in [3.63, 3.8) is 0 Å². The van der Waals surface area contributed by atoms with Crippen molar-refractivity contribution in [2.45, 2.75) is 24.4 Å². The van der Waals surface area contributed by atoms with Crippen molar-refractivity contribution < 1.29 is 29.4 Å². The van der Waals surface area contributed by atoms with Gasteiger partial charge in [0.25, 0.3) is 5.91 Å². The van der Waals surface area contributed by atoms with Gasteiger partial charge in [-0.1, -0.05) is 42.5 Å². The van der Waals surface area contributed by atoms with Crippen LogP contribution in [0.25, 0.3) is 6.08 Å². The van der Waals surface area contributed by atoms with E-state index in [4.69, 9.17) is 0 Å². The molecule has 0 spiro atoms. The zero-order chi connectivity index (χ0) is 28.2. The molecular weight excluding hydrogens is 550 g/mol. The Morgan fingerprint density at radius 1 is 1.12 bits per heavy atom. The van der Waals surface area contributed by atoms with Crippen LogP contribution >= 0.6 is 23.5 Å². The minimum absolute atomic E-state index is 0.123. The van der Waals surface area contributed by atoms with E-state index in [0.29, 0.717) is 36.4 Å². The lowest BCUT2D eigenvalue weighted by molar-refractivity contribution is -0.150. The number of rotatable bonds is 9. The Bertz CT molecular complexity index is 1440. The molecule has 2 aromatic carbocycles. The highest BCUT2D eigenvalue weighted by atomic mass is 32.2. The standard InChI is InChI=1S/C29H27N3O6S2/c33-22-8-4-7-19(13-22)15-31-11-9-20(26(31)35)14-21-16-40-28-24(27(36)32(28)25(21)29(37)38)30-23(34)17-39-12-10-18-5-2-1-3-6-18/h1-8,10,12-14,24,28,33H,9,11,15-17H2,(H,30,34)(H,37,38)/t24-,28-/m1/s1. The number of carbonyl (C=O) groups excluding carboxylic acids is 3. The Morgan fingerprint density at radius 3 is 2.67 bits per heavy atom. The Balaban J connectivity index is 1.21. The van der Waals surface area contributed by atoms with Gasteiger partial charge in [-0.25, -0.2) is 4.79 Å². The van der Waals surface area contributed by atoms with Crippen LogP contribution in [0.4, 0.5) is 0 Å². The number of hydrogen-bond donors (Lipinski definition) is 3. The van der Waals surface area contributed by atoms with Gasteiger partial charge in [0.05, 0.1) is 5.75 Å². The molecule has 0 saturated carbocycles. The van der Waals surface area contributed by atoms with Crippen molar-refractivity contribution in [2.75, 3.05) is 18.1 Å². The SMILES string of the molecule is O=C(CSC=Cc1ccccc1)N[C@@H]1C(=O)N2C(C(=O)O)=C(C=C3CCN(Cc4cccc(O)c4)C3=O)CS[C@H]12. The van der Waals surface area contributed by atoms with Crippen LogP contribution in [0.5, 0.6) is 5.75 Å². The van der Waals surface area contributed by atoms with Crippen LogP contribution in [0.1, 0.15) is 17.5 Å². The van der Waals surface area contributed by atoms with Gasteiger partial charge in [0.1, 0.15) is 22.9 Å². The zero-order valence-electron chi connectivity index (χ0n) is 21.4. The Kier molecular flexibility index (Phi) is 8.32. The van der Waals surface area contributed by atoms with Crippen LogP contribution < -0.4 is 5.32 Å². The highest BCUT2D eigenvalue weighted by molar-refractivity contribution is 8.02. The van der Waals surface area contributed by atoms with E-state index in [1.165, 1.54) is 28.4 Å². The minimum atomic E-state index is -1.25. The average molecular weight is 578 g/mol. The highest BCUT2D eigenvalue weighted by Crippen LogP contribution is 2.41. The van der Waals surface area contributed by atoms with Gasteiger partial charge < -0.3 is 20.4 Å². The van der Waals surface area contributed by atoms with E-state index in [-0.39, 0.29) is 29.0 Å². The second-order valence-corrected chi connectivity index (χ2v) is 11.5. The van der Waals surface area contributed by atoms with Crippen molar-refractivity contribution in [1.82, 2.24) is 15.1 Å².